The predicted molar refractivity (Wildman–Crippen MR) is 85.5 cm³/mol. The number of rotatable bonds is 3. The Balaban J connectivity index is 2.20. The summed E-state index contributed by atoms with van der Waals surface area (Å²) in [7, 11) is 1.80. The van der Waals surface area contributed by atoms with Crippen LogP contribution in [0, 0.1) is 0 Å². The van der Waals surface area contributed by atoms with Crippen LogP contribution < -0.4 is 5.73 Å². The predicted octanol–water partition coefficient (Wildman–Crippen LogP) is 3.86. The van der Waals surface area contributed by atoms with E-state index in [0.717, 1.165) is 10.0 Å². The van der Waals surface area contributed by atoms with E-state index >= 15 is 0 Å². The zero-order valence-corrected chi connectivity index (χ0v) is 13.1. The first-order valence-corrected chi connectivity index (χ1v) is 7.16. The lowest BCUT2D eigenvalue weighted by atomic mass is 10.1. The van der Waals surface area contributed by atoms with E-state index in [-0.39, 0.29) is 11.9 Å². The summed E-state index contributed by atoms with van der Waals surface area (Å²) >= 11 is 3.37. The van der Waals surface area contributed by atoms with Crippen LogP contribution in [0.15, 0.2) is 53.0 Å². The van der Waals surface area contributed by atoms with Crippen LogP contribution in [0.1, 0.15) is 28.9 Å². The molecule has 3 nitrogen and oxygen atoms in total. The van der Waals surface area contributed by atoms with E-state index in [1.165, 1.54) is 0 Å². The number of nitrogen functional groups attached to an aromatic ring is 1. The van der Waals surface area contributed by atoms with Gasteiger partial charge < -0.3 is 10.6 Å². The molecular weight excluding hydrogens is 316 g/mol. The summed E-state index contributed by atoms with van der Waals surface area (Å²) in [6.07, 6.45) is 0. The molecule has 0 bridgehead atoms. The fraction of sp³-hybridized carbons (Fsp3) is 0.188. The molecule has 2 aromatic rings. The van der Waals surface area contributed by atoms with Gasteiger partial charge in [-0.15, -0.1) is 0 Å². The van der Waals surface area contributed by atoms with Gasteiger partial charge in [-0.3, -0.25) is 4.79 Å². The van der Waals surface area contributed by atoms with Crippen molar-refractivity contribution in [1.29, 1.82) is 0 Å². The first-order chi connectivity index (χ1) is 9.49. The van der Waals surface area contributed by atoms with Gasteiger partial charge in [0.15, 0.2) is 0 Å². The first-order valence-electron chi connectivity index (χ1n) is 6.37. The van der Waals surface area contributed by atoms with Crippen molar-refractivity contribution in [3.8, 4) is 0 Å². The smallest absolute Gasteiger partial charge is 0.254 e. The Morgan fingerprint density at radius 1 is 1.20 bits per heavy atom. The van der Waals surface area contributed by atoms with Gasteiger partial charge in [-0.25, -0.2) is 0 Å². The Bertz CT molecular complexity index is 610. The van der Waals surface area contributed by atoms with Crippen molar-refractivity contribution in [3.05, 3.63) is 64.1 Å². The second kappa shape index (κ2) is 6.09. The van der Waals surface area contributed by atoms with Crippen molar-refractivity contribution in [2.75, 3.05) is 12.8 Å². The van der Waals surface area contributed by atoms with Crippen LogP contribution in [0.5, 0.6) is 0 Å². The van der Waals surface area contributed by atoms with Crippen LogP contribution in [0.4, 0.5) is 5.69 Å². The summed E-state index contributed by atoms with van der Waals surface area (Å²) in [5, 5.41) is 0. The van der Waals surface area contributed by atoms with Crippen LogP contribution >= 0.6 is 15.9 Å². The van der Waals surface area contributed by atoms with Gasteiger partial charge >= 0.3 is 0 Å². The van der Waals surface area contributed by atoms with Crippen molar-refractivity contribution in [1.82, 2.24) is 4.90 Å². The summed E-state index contributed by atoms with van der Waals surface area (Å²) in [5.41, 5.74) is 8.20. The van der Waals surface area contributed by atoms with E-state index in [2.05, 4.69) is 15.9 Å². The molecule has 2 rings (SSSR count). The van der Waals surface area contributed by atoms with Crippen molar-refractivity contribution >= 4 is 27.5 Å². The highest BCUT2D eigenvalue weighted by Gasteiger charge is 2.18. The minimum atomic E-state index is -0.0327. The zero-order valence-electron chi connectivity index (χ0n) is 11.5. The van der Waals surface area contributed by atoms with Crippen LogP contribution in [-0.2, 0) is 0 Å². The molecule has 2 aromatic carbocycles. The van der Waals surface area contributed by atoms with E-state index in [9.17, 15) is 4.79 Å². The molecule has 0 aromatic heterocycles. The minimum Gasteiger partial charge on any atom is -0.399 e. The number of hydrogen-bond acceptors (Lipinski definition) is 2. The maximum Gasteiger partial charge on any atom is 0.254 e. The number of carbonyl (C=O) groups is 1. The molecule has 0 heterocycles. The standard InChI is InChI=1S/C16H17BrN2O/c1-11(13-4-3-5-15(18)10-13)19(2)16(20)12-6-8-14(17)9-7-12/h3-11H,18H2,1-2H3. The Kier molecular flexibility index (Phi) is 4.45. The Labute approximate surface area is 127 Å². The molecule has 2 N–H and O–H groups in total. The van der Waals surface area contributed by atoms with Crippen molar-refractivity contribution in [2.45, 2.75) is 13.0 Å². The van der Waals surface area contributed by atoms with Gasteiger partial charge in [0.1, 0.15) is 0 Å². The monoisotopic (exact) mass is 332 g/mol. The SMILES string of the molecule is CC(c1cccc(N)c1)N(C)C(=O)c1ccc(Br)cc1. The van der Waals surface area contributed by atoms with E-state index in [0.29, 0.717) is 11.3 Å². The molecule has 1 unspecified atom stereocenters. The highest BCUT2D eigenvalue weighted by Crippen LogP contribution is 2.22. The average Bonchev–Trinajstić information content (AvgIpc) is 2.46. The maximum absolute atomic E-state index is 12.4. The quantitative estimate of drug-likeness (QED) is 0.867. The van der Waals surface area contributed by atoms with Gasteiger partial charge in [0, 0.05) is 22.8 Å². The van der Waals surface area contributed by atoms with Crippen LogP contribution in [0.3, 0.4) is 0 Å². The molecule has 1 amide bonds. The molecule has 0 saturated carbocycles. The van der Waals surface area contributed by atoms with E-state index in [4.69, 9.17) is 5.73 Å². The number of nitrogens with zero attached hydrogens (tertiary/aromatic N) is 1. The molecule has 0 aliphatic rings. The van der Waals surface area contributed by atoms with E-state index < -0.39 is 0 Å². The average molecular weight is 333 g/mol. The van der Waals surface area contributed by atoms with E-state index in [1.54, 1.807) is 11.9 Å². The molecule has 104 valence electrons. The molecule has 0 aliphatic carbocycles. The van der Waals surface area contributed by atoms with Gasteiger partial charge in [-0.05, 0) is 48.9 Å². The molecule has 0 saturated heterocycles. The van der Waals surface area contributed by atoms with Gasteiger partial charge in [-0.1, -0.05) is 28.1 Å². The third kappa shape index (κ3) is 3.20. The summed E-state index contributed by atoms with van der Waals surface area (Å²) in [6, 6.07) is 15.0. The summed E-state index contributed by atoms with van der Waals surface area (Å²) < 4.78 is 0.959. The lowest BCUT2D eigenvalue weighted by molar-refractivity contribution is 0.0742. The first kappa shape index (κ1) is 14.6. The van der Waals surface area contributed by atoms with Crippen LogP contribution in [-0.4, -0.2) is 17.9 Å². The molecule has 4 heteroatoms. The highest BCUT2D eigenvalue weighted by atomic mass is 79.9. The topological polar surface area (TPSA) is 46.3 Å². The van der Waals surface area contributed by atoms with E-state index in [1.807, 2.05) is 55.5 Å². The molecule has 20 heavy (non-hydrogen) atoms. The third-order valence-electron chi connectivity index (χ3n) is 3.39. The van der Waals surface area contributed by atoms with Gasteiger partial charge in [0.2, 0.25) is 0 Å². The number of amides is 1. The van der Waals surface area contributed by atoms with Crippen LogP contribution in [0.25, 0.3) is 0 Å². The van der Waals surface area contributed by atoms with Crippen molar-refractivity contribution < 1.29 is 4.79 Å². The second-order valence-electron chi connectivity index (χ2n) is 4.77. The summed E-state index contributed by atoms with van der Waals surface area (Å²) in [6.45, 7) is 1.99. The third-order valence-corrected chi connectivity index (χ3v) is 3.91. The van der Waals surface area contributed by atoms with Crippen molar-refractivity contribution in [3.63, 3.8) is 0 Å². The molecule has 0 spiro atoms. The zero-order chi connectivity index (χ0) is 14.7. The highest BCUT2D eigenvalue weighted by molar-refractivity contribution is 9.10. The lowest BCUT2D eigenvalue weighted by Crippen LogP contribution is -2.29. The Morgan fingerprint density at radius 2 is 1.85 bits per heavy atom. The molecule has 0 radical (unpaired) electrons. The molecule has 0 aliphatic heterocycles. The van der Waals surface area contributed by atoms with Crippen LogP contribution in [0.2, 0.25) is 0 Å². The van der Waals surface area contributed by atoms with Crippen molar-refractivity contribution in [2.24, 2.45) is 0 Å². The number of carbonyl (C=O) groups excluding carboxylic acids is 1. The number of benzene rings is 2. The Hall–Kier alpha value is -1.81. The fourth-order valence-corrected chi connectivity index (χ4v) is 2.28. The minimum absolute atomic E-state index is 0.00701. The molecular formula is C16H17BrN2O. The number of nitrogens with two attached hydrogens (primary N) is 1. The Morgan fingerprint density at radius 3 is 2.45 bits per heavy atom. The number of hydrogen-bond donors (Lipinski definition) is 1. The normalized spacial score (nSPS) is 11.9. The molecule has 1 atom stereocenters. The van der Waals surface area contributed by atoms with Gasteiger partial charge in [0.25, 0.3) is 5.91 Å². The summed E-state index contributed by atoms with van der Waals surface area (Å²) in [5.74, 6) is -0.00701. The summed E-state index contributed by atoms with van der Waals surface area (Å²) in [4.78, 5) is 14.2. The second-order valence-corrected chi connectivity index (χ2v) is 5.68. The largest absolute Gasteiger partial charge is 0.399 e. The van der Waals surface area contributed by atoms with Gasteiger partial charge in [-0.2, -0.15) is 0 Å². The lowest BCUT2D eigenvalue weighted by Gasteiger charge is -2.25. The van der Waals surface area contributed by atoms with Gasteiger partial charge in [0.05, 0.1) is 6.04 Å². The number of halogens is 1. The molecule has 0 fully saturated rings. The fourth-order valence-electron chi connectivity index (χ4n) is 2.01. The maximum atomic E-state index is 12.4. The number of anilines is 1.